The summed E-state index contributed by atoms with van der Waals surface area (Å²) in [5, 5.41) is 19.8. The number of aliphatic hydroxyl groups excluding tert-OH is 1. The Balaban J connectivity index is 2.01. The molecule has 22 heavy (non-hydrogen) atoms. The molecule has 2 heterocycles. The molecule has 2 rings (SSSR count). The summed E-state index contributed by atoms with van der Waals surface area (Å²) in [6, 6.07) is -0.358. The molecule has 1 fully saturated rings. The third-order valence-corrected chi connectivity index (χ3v) is 4.77. The number of aliphatic hydroxyl groups is 1. The summed E-state index contributed by atoms with van der Waals surface area (Å²) in [6.45, 7) is 2.44. The van der Waals surface area contributed by atoms with Crippen LogP contribution in [0.5, 0.6) is 0 Å². The van der Waals surface area contributed by atoms with Crippen molar-refractivity contribution in [2.24, 2.45) is 0 Å². The van der Waals surface area contributed by atoms with Crippen LogP contribution < -0.4 is 0 Å². The van der Waals surface area contributed by atoms with Crippen LogP contribution in [-0.2, 0) is 11.2 Å². The molecule has 0 spiro atoms. The molecule has 1 aliphatic heterocycles. The number of thiazole rings is 1. The third-order valence-electron chi connectivity index (χ3n) is 3.73. The van der Waals surface area contributed by atoms with E-state index in [1.165, 1.54) is 11.3 Å². The minimum Gasteiger partial charge on any atom is -0.480 e. The maximum Gasteiger partial charge on any atom is 0.317 e. The Labute approximate surface area is 133 Å². The van der Waals surface area contributed by atoms with Gasteiger partial charge in [0.25, 0.3) is 5.91 Å². The molecule has 1 aromatic rings. The first-order valence-electron chi connectivity index (χ1n) is 7.26. The van der Waals surface area contributed by atoms with Gasteiger partial charge in [0.15, 0.2) is 0 Å². The molecule has 8 heteroatoms. The highest BCUT2D eigenvalue weighted by molar-refractivity contribution is 7.13. The summed E-state index contributed by atoms with van der Waals surface area (Å²) in [4.78, 5) is 31.1. The van der Waals surface area contributed by atoms with E-state index in [4.69, 9.17) is 5.11 Å². The summed E-state index contributed by atoms with van der Waals surface area (Å²) >= 11 is 1.38. The molecule has 1 unspecified atom stereocenters. The Kier molecular flexibility index (Phi) is 5.49. The minimum atomic E-state index is -0.953. The van der Waals surface area contributed by atoms with Crippen LogP contribution in [0.2, 0.25) is 0 Å². The van der Waals surface area contributed by atoms with Crippen molar-refractivity contribution < 1.29 is 19.8 Å². The Bertz CT molecular complexity index is 548. The van der Waals surface area contributed by atoms with E-state index in [1.54, 1.807) is 23.0 Å². The van der Waals surface area contributed by atoms with Gasteiger partial charge in [0.05, 0.1) is 29.9 Å². The van der Waals surface area contributed by atoms with Gasteiger partial charge < -0.3 is 15.1 Å². The number of nitrogens with zero attached hydrogens (tertiary/aromatic N) is 3. The Morgan fingerprint density at radius 2 is 2.23 bits per heavy atom. The van der Waals surface area contributed by atoms with Gasteiger partial charge in [-0.15, -0.1) is 11.3 Å². The normalized spacial score (nSPS) is 21.5. The molecule has 0 saturated carbocycles. The Morgan fingerprint density at radius 3 is 2.86 bits per heavy atom. The van der Waals surface area contributed by atoms with Gasteiger partial charge in [-0.2, -0.15) is 0 Å². The van der Waals surface area contributed by atoms with Crippen LogP contribution >= 0.6 is 11.3 Å². The molecule has 122 valence electrons. The molecule has 1 amide bonds. The monoisotopic (exact) mass is 327 g/mol. The third kappa shape index (κ3) is 3.82. The van der Waals surface area contributed by atoms with Crippen molar-refractivity contribution in [3.8, 4) is 0 Å². The number of likely N-dealkylation sites (N-methyl/N-ethyl adjacent to an activating group) is 1. The average molecular weight is 327 g/mol. The maximum atomic E-state index is 12.5. The fourth-order valence-electron chi connectivity index (χ4n) is 2.59. The number of carbonyl (C=O) groups excluding carboxylic acids is 1. The summed E-state index contributed by atoms with van der Waals surface area (Å²) in [5.41, 5.74) is 0. The molecule has 1 aliphatic rings. The van der Waals surface area contributed by atoms with Crippen LogP contribution in [-0.4, -0.2) is 75.7 Å². The van der Waals surface area contributed by atoms with Crippen LogP contribution in [0.4, 0.5) is 0 Å². The number of carbonyl (C=O) groups is 2. The number of rotatable bonds is 6. The van der Waals surface area contributed by atoms with Crippen LogP contribution in [0.3, 0.4) is 0 Å². The Hall–Kier alpha value is -1.51. The molecule has 0 aromatic carbocycles. The molecular formula is C14H21N3O4S. The van der Waals surface area contributed by atoms with E-state index in [9.17, 15) is 14.7 Å². The van der Waals surface area contributed by atoms with Crippen molar-refractivity contribution in [3.63, 3.8) is 0 Å². The van der Waals surface area contributed by atoms with E-state index in [0.717, 1.165) is 17.8 Å². The number of aromatic nitrogens is 1. The lowest BCUT2D eigenvalue weighted by Gasteiger charge is -2.24. The van der Waals surface area contributed by atoms with E-state index in [1.807, 2.05) is 0 Å². The van der Waals surface area contributed by atoms with Crippen molar-refractivity contribution in [1.29, 1.82) is 0 Å². The summed E-state index contributed by atoms with van der Waals surface area (Å²) in [7, 11) is 1.64. The maximum absolute atomic E-state index is 12.5. The number of aliphatic carboxylic acids is 1. The fraction of sp³-hybridized carbons (Fsp3) is 0.643. The van der Waals surface area contributed by atoms with Crippen LogP contribution in [0, 0.1) is 0 Å². The molecule has 1 saturated heterocycles. The van der Waals surface area contributed by atoms with E-state index >= 15 is 0 Å². The topological polar surface area (TPSA) is 94.0 Å². The first kappa shape index (κ1) is 16.9. The van der Waals surface area contributed by atoms with Gasteiger partial charge in [-0.1, -0.05) is 6.92 Å². The molecule has 0 aliphatic carbocycles. The van der Waals surface area contributed by atoms with Gasteiger partial charge in [0, 0.05) is 13.1 Å². The smallest absolute Gasteiger partial charge is 0.317 e. The van der Waals surface area contributed by atoms with E-state index in [0.29, 0.717) is 11.4 Å². The van der Waals surface area contributed by atoms with Crippen molar-refractivity contribution >= 4 is 23.2 Å². The van der Waals surface area contributed by atoms with E-state index in [-0.39, 0.29) is 25.0 Å². The highest BCUT2D eigenvalue weighted by atomic mass is 32.1. The van der Waals surface area contributed by atoms with Gasteiger partial charge in [0.1, 0.15) is 4.88 Å². The van der Waals surface area contributed by atoms with Crippen LogP contribution in [0.15, 0.2) is 6.20 Å². The first-order chi connectivity index (χ1) is 10.4. The molecule has 1 aromatic heterocycles. The predicted molar refractivity (Wildman–Crippen MR) is 82.1 cm³/mol. The number of amides is 1. The zero-order valence-electron chi connectivity index (χ0n) is 12.7. The molecular weight excluding hydrogens is 306 g/mol. The number of aryl methyl sites for hydroxylation is 1. The quantitative estimate of drug-likeness (QED) is 0.780. The highest BCUT2D eigenvalue weighted by Crippen LogP contribution is 2.21. The standard InChI is InChI=1S/C14H21N3O4S/c1-3-4-12-15-5-11(22-12)14(21)17-6-9(10(18)7-17)16(2)8-13(19)20/h5,9-10,18H,3-4,6-8H2,1-2H3,(H,19,20)/t9?,10-/m1/s1. The highest BCUT2D eigenvalue weighted by Gasteiger charge is 2.37. The molecule has 0 radical (unpaired) electrons. The number of hydrogen-bond acceptors (Lipinski definition) is 6. The lowest BCUT2D eigenvalue weighted by atomic mass is 10.2. The zero-order chi connectivity index (χ0) is 16.3. The van der Waals surface area contributed by atoms with Crippen molar-refractivity contribution in [2.75, 3.05) is 26.7 Å². The number of carboxylic acids is 1. The summed E-state index contributed by atoms with van der Waals surface area (Å²) in [6.07, 6.45) is 2.67. The lowest BCUT2D eigenvalue weighted by Crippen LogP contribution is -2.43. The Morgan fingerprint density at radius 1 is 1.50 bits per heavy atom. The summed E-state index contributed by atoms with van der Waals surface area (Å²) in [5.74, 6) is -1.10. The van der Waals surface area contributed by atoms with Crippen molar-refractivity contribution in [1.82, 2.24) is 14.8 Å². The van der Waals surface area contributed by atoms with Gasteiger partial charge in [-0.3, -0.25) is 14.5 Å². The number of likely N-dealkylation sites (tertiary alicyclic amines) is 1. The number of carboxylic acid groups (broad SMARTS) is 1. The molecule has 0 bridgehead atoms. The molecule has 2 atom stereocenters. The molecule has 2 N–H and O–H groups in total. The van der Waals surface area contributed by atoms with Gasteiger partial charge >= 0.3 is 5.97 Å². The minimum absolute atomic E-state index is 0.148. The van der Waals surface area contributed by atoms with Gasteiger partial charge in [-0.05, 0) is 19.9 Å². The van der Waals surface area contributed by atoms with Crippen LogP contribution in [0.1, 0.15) is 28.0 Å². The van der Waals surface area contributed by atoms with Gasteiger partial charge in [0.2, 0.25) is 0 Å². The van der Waals surface area contributed by atoms with E-state index < -0.39 is 12.1 Å². The average Bonchev–Trinajstić information content (AvgIpc) is 3.04. The van der Waals surface area contributed by atoms with Crippen LogP contribution in [0.25, 0.3) is 0 Å². The zero-order valence-corrected chi connectivity index (χ0v) is 13.5. The predicted octanol–water partition coefficient (Wildman–Crippen LogP) is 0.297. The second-order valence-electron chi connectivity index (χ2n) is 5.52. The van der Waals surface area contributed by atoms with E-state index in [2.05, 4.69) is 11.9 Å². The largest absolute Gasteiger partial charge is 0.480 e. The summed E-state index contributed by atoms with van der Waals surface area (Å²) < 4.78 is 0. The SMILES string of the molecule is CCCc1ncc(C(=O)N2CC(N(C)CC(=O)O)[C@H](O)C2)s1. The fourth-order valence-corrected chi connectivity index (χ4v) is 3.58. The van der Waals surface area contributed by atoms with Crippen molar-refractivity contribution in [2.45, 2.75) is 31.9 Å². The second-order valence-corrected chi connectivity index (χ2v) is 6.64. The first-order valence-corrected chi connectivity index (χ1v) is 8.08. The number of hydrogen-bond donors (Lipinski definition) is 2. The number of β-amino-alcohol motifs (C(OH)–C–C–N with tert-alkyl or cyclic N) is 1. The second kappa shape index (κ2) is 7.17. The van der Waals surface area contributed by atoms with Crippen molar-refractivity contribution in [3.05, 3.63) is 16.1 Å². The lowest BCUT2D eigenvalue weighted by molar-refractivity contribution is -0.138. The molecule has 7 nitrogen and oxygen atoms in total. The van der Waals surface area contributed by atoms with Gasteiger partial charge in [-0.25, -0.2) is 4.98 Å².